The van der Waals surface area contributed by atoms with Gasteiger partial charge in [-0.3, -0.25) is 9.59 Å². The number of amides is 2. The molecule has 156 valence electrons. The molecule has 0 aliphatic heterocycles. The van der Waals surface area contributed by atoms with Crippen LogP contribution in [0.4, 0.5) is 5.69 Å². The zero-order chi connectivity index (χ0) is 21.5. The molecule has 0 bridgehead atoms. The summed E-state index contributed by atoms with van der Waals surface area (Å²) >= 11 is 0. The normalized spacial score (nSPS) is 10.7. The van der Waals surface area contributed by atoms with Gasteiger partial charge in [-0.15, -0.1) is 0 Å². The molecule has 0 saturated heterocycles. The predicted molar refractivity (Wildman–Crippen MR) is 114 cm³/mol. The van der Waals surface area contributed by atoms with Crippen molar-refractivity contribution in [3.63, 3.8) is 0 Å². The van der Waals surface area contributed by atoms with E-state index < -0.39 is 0 Å². The number of rotatable bonds is 8. The summed E-state index contributed by atoms with van der Waals surface area (Å²) in [6.45, 7) is 5.99. The maximum Gasteiger partial charge on any atom is 0.258 e. The van der Waals surface area contributed by atoms with E-state index in [1.165, 1.54) is 11.9 Å². The summed E-state index contributed by atoms with van der Waals surface area (Å²) < 4.78 is 7.14. The fourth-order valence-corrected chi connectivity index (χ4v) is 3.01. The largest absolute Gasteiger partial charge is 0.484 e. The van der Waals surface area contributed by atoms with E-state index in [0.717, 1.165) is 11.3 Å². The van der Waals surface area contributed by atoms with E-state index in [1.54, 1.807) is 23.1 Å². The first kappa shape index (κ1) is 21.0. The van der Waals surface area contributed by atoms with Crippen molar-refractivity contribution in [3.05, 3.63) is 66.2 Å². The SMILES string of the molecule is Cc1cc(OCC(=O)NCC(=O)Nc2ccc(-n3cncn3)cc2)ccc1C(C)C. The number of carbonyl (C=O) groups excluding carboxylic acids is 2. The van der Waals surface area contributed by atoms with Crippen LogP contribution in [0.5, 0.6) is 5.75 Å². The molecule has 0 fully saturated rings. The van der Waals surface area contributed by atoms with Crippen LogP contribution in [0.1, 0.15) is 30.9 Å². The molecular weight excluding hydrogens is 382 g/mol. The number of carbonyl (C=O) groups is 2. The number of nitrogens with one attached hydrogen (secondary N) is 2. The quantitative estimate of drug-likeness (QED) is 0.598. The Bertz CT molecular complexity index is 998. The highest BCUT2D eigenvalue weighted by atomic mass is 16.5. The summed E-state index contributed by atoms with van der Waals surface area (Å²) in [6.07, 6.45) is 3.04. The van der Waals surface area contributed by atoms with Gasteiger partial charge in [-0.25, -0.2) is 9.67 Å². The van der Waals surface area contributed by atoms with Gasteiger partial charge in [-0.1, -0.05) is 19.9 Å². The third-order valence-electron chi connectivity index (χ3n) is 4.51. The van der Waals surface area contributed by atoms with Crippen LogP contribution in [0.3, 0.4) is 0 Å². The number of hydrogen-bond acceptors (Lipinski definition) is 5. The van der Waals surface area contributed by atoms with Crippen molar-refractivity contribution in [2.75, 3.05) is 18.5 Å². The summed E-state index contributed by atoms with van der Waals surface area (Å²) in [6, 6.07) is 12.9. The van der Waals surface area contributed by atoms with Crippen LogP contribution in [0.2, 0.25) is 0 Å². The molecule has 8 heteroatoms. The summed E-state index contributed by atoms with van der Waals surface area (Å²) in [5.74, 6) is 0.370. The van der Waals surface area contributed by atoms with Gasteiger partial charge >= 0.3 is 0 Å². The van der Waals surface area contributed by atoms with E-state index in [-0.39, 0.29) is 25.0 Å². The molecular formula is C22H25N5O3. The molecule has 0 aliphatic carbocycles. The van der Waals surface area contributed by atoms with Crippen molar-refractivity contribution in [1.82, 2.24) is 20.1 Å². The fourth-order valence-electron chi connectivity index (χ4n) is 3.01. The highest BCUT2D eigenvalue weighted by Gasteiger charge is 2.09. The van der Waals surface area contributed by atoms with E-state index in [1.807, 2.05) is 37.3 Å². The first-order valence-electron chi connectivity index (χ1n) is 9.67. The fraction of sp³-hybridized carbons (Fsp3) is 0.273. The number of anilines is 1. The Morgan fingerprint density at radius 2 is 1.87 bits per heavy atom. The zero-order valence-corrected chi connectivity index (χ0v) is 17.3. The second-order valence-corrected chi connectivity index (χ2v) is 7.17. The van der Waals surface area contributed by atoms with Crippen LogP contribution in [-0.2, 0) is 9.59 Å². The van der Waals surface area contributed by atoms with Gasteiger partial charge in [0, 0.05) is 5.69 Å². The third kappa shape index (κ3) is 5.66. The average molecular weight is 407 g/mol. The lowest BCUT2D eigenvalue weighted by atomic mass is 9.98. The molecule has 2 amide bonds. The number of aryl methyl sites for hydroxylation is 1. The molecule has 0 unspecified atom stereocenters. The molecule has 8 nitrogen and oxygen atoms in total. The van der Waals surface area contributed by atoms with Crippen LogP contribution in [0.25, 0.3) is 5.69 Å². The van der Waals surface area contributed by atoms with Crippen molar-refractivity contribution < 1.29 is 14.3 Å². The van der Waals surface area contributed by atoms with Gasteiger partial charge in [-0.2, -0.15) is 5.10 Å². The van der Waals surface area contributed by atoms with Crippen LogP contribution < -0.4 is 15.4 Å². The van der Waals surface area contributed by atoms with E-state index in [2.05, 4.69) is 34.6 Å². The minimum Gasteiger partial charge on any atom is -0.484 e. The van der Waals surface area contributed by atoms with Crippen molar-refractivity contribution in [1.29, 1.82) is 0 Å². The number of benzene rings is 2. The first-order valence-corrected chi connectivity index (χ1v) is 9.67. The highest BCUT2D eigenvalue weighted by molar-refractivity contribution is 5.94. The zero-order valence-electron chi connectivity index (χ0n) is 17.3. The Kier molecular flexibility index (Phi) is 6.79. The van der Waals surface area contributed by atoms with Crippen molar-refractivity contribution in [2.45, 2.75) is 26.7 Å². The number of ether oxygens (including phenoxy) is 1. The lowest BCUT2D eigenvalue weighted by molar-refractivity contribution is -0.125. The summed E-state index contributed by atoms with van der Waals surface area (Å²) in [5, 5.41) is 9.32. The van der Waals surface area contributed by atoms with Gasteiger partial charge in [0.25, 0.3) is 5.91 Å². The maximum absolute atomic E-state index is 12.1. The minimum atomic E-state index is -0.364. The smallest absolute Gasteiger partial charge is 0.258 e. The lowest BCUT2D eigenvalue weighted by Crippen LogP contribution is -2.35. The van der Waals surface area contributed by atoms with Crippen molar-refractivity contribution in [2.24, 2.45) is 0 Å². The summed E-state index contributed by atoms with van der Waals surface area (Å²) in [4.78, 5) is 27.9. The molecule has 1 heterocycles. The Hall–Kier alpha value is -3.68. The molecule has 0 radical (unpaired) electrons. The van der Waals surface area contributed by atoms with E-state index in [9.17, 15) is 9.59 Å². The summed E-state index contributed by atoms with van der Waals surface area (Å²) in [5.41, 5.74) is 3.82. The molecule has 1 aromatic heterocycles. The van der Waals surface area contributed by atoms with Gasteiger partial charge < -0.3 is 15.4 Å². The Morgan fingerprint density at radius 3 is 2.50 bits per heavy atom. The first-order chi connectivity index (χ1) is 14.4. The maximum atomic E-state index is 12.1. The molecule has 0 saturated carbocycles. The predicted octanol–water partition coefficient (Wildman–Crippen LogP) is 2.83. The second-order valence-electron chi connectivity index (χ2n) is 7.17. The van der Waals surface area contributed by atoms with E-state index >= 15 is 0 Å². The number of aromatic nitrogens is 3. The Morgan fingerprint density at radius 1 is 1.10 bits per heavy atom. The molecule has 2 aromatic carbocycles. The lowest BCUT2D eigenvalue weighted by Gasteiger charge is -2.12. The number of hydrogen-bond donors (Lipinski definition) is 2. The second kappa shape index (κ2) is 9.69. The Labute approximate surface area is 175 Å². The third-order valence-corrected chi connectivity index (χ3v) is 4.51. The summed E-state index contributed by atoms with van der Waals surface area (Å²) in [7, 11) is 0. The highest BCUT2D eigenvalue weighted by Crippen LogP contribution is 2.23. The molecule has 0 atom stereocenters. The van der Waals surface area contributed by atoms with Gasteiger partial charge in [0.05, 0.1) is 12.2 Å². The van der Waals surface area contributed by atoms with E-state index in [4.69, 9.17) is 4.74 Å². The van der Waals surface area contributed by atoms with Gasteiger partial charge in [-0.05, 0) is 60.4 Å². The topological polar surface area (TPSA) is 98.1 Å². The average Bonchev–Trinajstić information content (AvgIpc) is 3.26. The van der Waals surface area contributed by atoms with Crippen LogP contribution >= 0.6 is 0 Å². The van der Waals surface area contributed by atoms with Crippen LogP contribution in [0.15, 0.2) is 55.1 Å². The van der Waals surface area contributed by atoms with Crippen molar-refractivity contribution >= 4 is 17.5 Å². The molecule has 2 N–H and O–H groups in total. The van der Waals surface area contributed by atoms with Gasteiger partial charge in [0.15, 0.2) is 6.61 Å². The molecule has 3 aromatic rings. The number of nitrogens with zero attached hydrogens (tertiary/aromatic N) is 3. The molecule has 0 aliphatic rings. The molecule has 3 rings (SSSR count). The van der Waals surface area contributed by atoms with Gasteiger partial charge in [0.1, 0.15) is 18.4 Å². The van der Waals surface area contributed by atoms with E-state index in [0.29, 0.717) is 17.4 Å². The Balaban J connectivity index is 1.42. The standard InChI is InChI=1S/C22H25N5O3/c1-15(2)20-9-8-19(10-16(20)3)30-12-22(29)24-11-21(28)26-17-4-6-18(7-5-17)27-14-23-13-25-27/h4-10,13-15H,11-12H2,1-3H3,(H,24,29)(H,26,28). The minimum absolute atomic E-state index is 0.141. The monoisotopic (exact) mass is 407 g/mol. The van der Waals surface area contributed by atoms with Crippen LogP contribution in [0, 0.1) is 6.92 Å². The van der Waals surface area contributed by atoms with Crippen molar-refractivity contribution in [3.8, 4) is 11.4 Å². The molecule has 30 heavy (non-hydrogen) atoms. The molecule has 0 spiro atoms. The van der Waals surface area contributed by atoms with Crippen LogP contribution in [-0.4, -0.2) is 39.7 Å². The van der Waals surface area contributed by atoms with Gasteiger partial charge in [0.2, 0.25) is 5.91 Å².